The average Bonchev–Trinajstić information content (AvgIpc) is 3.78. The van der Waals surface area contributed by atoms with Crippen LogP contribution in [0.25, 0.3) is 48.5 Å². The van der Waals surface area contributed by atoms with Crippen LogP contribution in [-0.2, 0) is 5.41 Å². The lowest BCUT2D eigenvalue weighted by Gasteiger charge is -2.34. The molecule has 0 N–H and O–H groups in total. The number of benzene rings is 7. The fourth-order valence-electron chi connectivity index (χ4n) is 8.57. The maximum Gasteiger partial charge on any atom is 0.0499 e. The van der Waals surface area contributed by atoms with Gasteiger partial charge in [-0.25, -0.2) is 0 Å². The Labute approximate surface area is 336 Å². The molecule has 1 aliphatic carbocycles. The summed E-state index contributed by atoms with van der Waals surface area (Å²) in [6.07, 6.45) is 11.6. The predicted molar refractivity (Wildman–Crippen MR) is 246 cm³/mol. The van der Waals surface area contributed by atoms with E-state index in [9.17, 15) is 0 Å². The Balaban J connectivity index is 0.00000217. The van der Waals surface area contributed by atoms with Crippen molar-refractivity contribution >= 4 is 54.6 Å². The van der Waals surface area contributed by atoms with E-state index in [4.69, 9.17) is 0 Å². The highest BCUT2D eigenvalue weighted by molar-refractivity contribution is 7.26. The Bertz CT molecular complexity index is 2720. The number of thiophene rings is 1. The van der Waals surface area contributed by atoms with Crippen LogP contribution in [0.4, 0.5) is 17.1 Å². The Morgan fingerprint density at radius 3 is 2.09 bits per heavy atom. The smallest absolute Gasteiger partial charge is 0.0499 e. The van der Waals surface area contributed by atoms with E-state index >= 15 is 0 Å². The summed E-state index contributed by atoms with van der Waals surface area (Å²) in [7, 11) is 0. The molecule has 0 spiro atoms. The highest BCUT2D eigenvalue weighted by atomic mass is 32.1. The molecule has 1 unspecified atom stereocenters. The first-order valence-corrected chi connectivity index (χ1v) is 20.5. The Hall–Kier alpha value is -6.22. The van der Waals surface area contributed by atoms with E-state index in [-0.39, 0.29) is 0 Å². The molecule has 2 heteroatoms. The Morgan fingerprint density at radius 2 is 1.34 bits per heavy atom. The molecule has 1 nitrogen and oxygen atoms in total. The molecule has 56 heavy (non-hydrogen) atoms. The van der Waals surface area contributed by atoms with Gasteiger partial charge in [0, 0.05) is 48.2 Å². The van der Waals surface area contributed by atoms with Gasteiger partial charge >= 0.3 is 0 Å². The molecule has 0 radical (unpaired) electrons. The fraction of sp³-hybridized carbons (Fsp3) is 0.111. The largest absolute Gasteiger partial charge is 0.310 e. The van der Waals surface area contributed by atoms with E-state index in [1.165, 1.54) is 64.7 Å². The van der Waals surface area contributed by atoms with Gasteiger partial charge in [-0.2, -0.15) is 0 Å². The molecule has 0 fully saturated rings. The molecule has 0 amide bonds. The standard InChI is InChI=1S/C52H41NS.C2H6/c1-4-6-7-16-34-52(40-21-12-9-13-22-40)46-33-32-44-43-23-14-15-25-49(43)54-51(44)50(46)45-31-30-42(35-47(45)52)53(48-24-17-20-37(5-2)36(48)3)41-28-26-39(27-29-41)38-18-10-8-11-19-38;1-2/h4-33,35H,2,34H2,1,3H3;1-2H3/b6-4-,16-7-;. The van der Waals surface area contributed by atoms with Gasteiger partial charge in [0.1, 0.15) is 0 Å². The van der Waals surface area contributed by atoms with Crippen molar-refractivity contribution in [2.24, 2.45) is 0 Å². The Kier molecular flexibility index (Phi) is 10.4. The topological polar surface area (TPSA) is 3.24 Å². The molecule has 0 aliphatic heterocycles. The van der Waals surface area contributed by atoms with Crippen molar-refractivity contribution in [2.45, 2.75) is 39.5 Å². The van der Waals surface area contributed by atoms with E-state index in [0.29, 0.717) is 0 Å². The van der Waals surface area contributed by atoms with Gasteiger partial charge < -0.3 is 4.90 Å². The average molecular weight is 742 g/mol. The summed E-state index contributed by atoms with van der Waals surface area (Å²) in [5.41, 5.74) is 14.4. The molecule has 1 aromatic heterocycles. The Morgan fingerprint density at radius 1 is 0.643 bits per heavy atom. The third-order valence-electron chi connectivity index (χ3n) is 11.2. The molecule has 274 valence electrons. The minimum atomic E-state index is -0.398. The molecular weight excluding hydrogens is 695 g/mol. The molecule has 1 atom stereocenters. The van der Waals surface area contributed by atoms with Gasteiger partial charge in [0.25, 0.3) is 0 Å². The van der Waals surface area contributed by atoms with E-state index in [1.54, 1.807) is 0 Å². The second kappa shape index (κ2) is 15.9. The number of hydrogen-bond acceptors (Lipinski definition) is 2. The summed E-state index contributed by atoms with van der Waals surface area (Å²) in [6.45, 7) is 12.4. The summed E-state index contributed by atoms with van der Waals surface area (Å²) in [4.78, 5) is 2.43. The quantitative estimate of drug-likeness (QED) is 0.133. The lowest BCUT2D eigenvalue weighted by atomic mass is 9.70. The van der Waals surface area contributed by atoms with Crippen LogP contribution in [0, 0.1) is 6.92 Å². The second-order valence-corrected chi connectivity index (χ2v) is 15.1. The van der Waals surface area contributed by atoms with Crippen molar-refractivity contribution in [3.8, 4) is 22.3 Å². The van der Waals surface area contributed by atoms with Crippen molar-refractivity contribution in [1.29, 1.82) is 0 Å². The van der Waals surface area contributed by atoms with Crippen LogP contribution in [0.5, 0.6) is 0 Å². The number of hydrogen-bond donors (Lipinski definition) is 0. The van der Waals surface area contributed by atoms with Crippen LogP contribution >= 0.6 is 11.3 Å². The zero-order chi connectivity index (χ0) is 38.6. The van der Waals surface area contributed by atoms with Gasteiger partial charge in [-0.1, -0.05) is 172 Å². The number of nitrogens with zero attached hydrogens (tertiary/aromatic N) is 1. The molecule has 0 saturated heterocycles. The van der Waals surface area contributed by atoms with E-state index in [0.717, 1.165) is 29.0 Å². The summed E-state index contributed by atoms with van der Waals surface area (Å²) < 4.78 is 2.69. The van der Waals surface area contributed by atoms with E-state index in [2.05, 4.69) is 207 Å². The summed E-state index contributed by atoms with van der Waals surface area (Å²) >= 11 is 1.92. The maximum absolute atomic E-state index is 4.16. The molecule has 1 heterocycles. The summed E-state index contributed by atoms with van der Waals surface area (Å²) in [5.74, 6) is 0. The first-order valence-electron chi connectivity index (χ1n) is 19.7. The van der Waals surface area contributed by atoms with Crippen molar-refractivity contribution in [2.75, 3.05) is 4.90 Å². The first-order chi connectivity index (χ1) is 27.6. The lowest BCUT2D eigenvalue weighted by Crippen LogP contribution is -2.26. The fourth-order valence-corrected chi connectivity index (χ4v) is 9.83. The zero-order valence-corrected chi connectivity index (χ0v) is 33.5. The van der Waals surface area contributed by atoms with Crippen molar-refractivity contribution < 1.29 is 0 Å². The summed E-state index contributed by atoms with van der Waals surface area (Å²) in [6, 6.07) is 58.1. The number of anilines is 3. The molecule has 9 rings (SSSR count). The summed E-state index contributed by atoms with van der Waals surface area (Å²) in [5, 5.41) is 2.65. The molecule has 0 bridgehead atoms. The van der Waals surface area contributed by atoms with Crippen LogP contribution in [0.2, 0.25) is 0 Å². The van der Waals surface area contributed by atoms with Gasteiger partial charge in [-0.15, -0.1) is 11.3 Å². The van der Waals surface area contributed by atoms with Crippen LogP contribution in [-0.4, -0.2) is 0 Å². The van der Waals surface area contributed by atoms with Crippen LogP contribution in [0.3, 0.4) is 0 Å². The van der Waals surface area contributed by atoms with E-state index in [1.807, 2.05) is 31.3 Å². The molecule has 7 aromatic carbocycles. The third-order valence-corrected chi connectivity index (χ3v) is 12.4. The third kappa shape index (κ3) is 6.21. The predicted octanol–water partition coefficient (Wildman–Crippen LogP) is 16.0. The van der Waals surface area contributed by atoms with Crippen molar-refractivity contribution in [3.63, 3.8) is 0 Å². The van der Waals surface area contributed by atoms with Gasteiger partial charge in [0.2, 0.25) is 0 Å². The monoisotopic (exact) mass is 741 g/mol. The van der Waals surface area contributed by atoms with Gasteiger partial charge in [-0.3, -0.25) is 0 Å². The van der Waals surface area contributed by atoms with Crippen molar-refractivity contribution in [1.82, 2.24) is 0 Å². The number of fused-ring (bicyclic) bond motifs is 7. The van der Waals surface area contributed by atoms with Crippen LogP contribution in [0.15, 0.2) is 189 Å². The minimum Gasteiger partial charge on any atom is -0.310 e. The highest BCUT2D eigenvalue weighted by Crippen LogP contribution is 2.59. The van der Waals surface area contributed by atoms with Crippen LogP contribution < -0.4 is 4.90 Å². The second-order valence-electron chi connectivity index (χ2n) is 14.1. The molecule has 1 aliphatic rings. The SMILES string of the molecule is C=Cc1cccc(N(c2ccc(-c3ccccc3)cc2)c2ccc3c(c2)C(C/C=C\C=C/C)(c2ccccc2)c2ccc4c(sc5ccccc54)c2-3)c1C.CC. The van der Waals surface area contributed by atoms with Gasteiger partial charge in [0.05, 0.1) is 0 Å². The van der Waals surface area contributed by atoms with Crippen molar-refractivity contribution in [3.05, 3.63) is 216 Å². The number of allylic oxidation sites excluding steroid dienone is 4. The lowest BCUT2D eigenvalue weighted by molar-refractivity contribution is 0.645. The first kappa shape index (κ1) is 36.7. The maximum atomic E-state index is 4.16. The molecule has 0 saturated carbocycles. The van der Waals surface area contributed by atoms with E-state index < -0.39 is 5.41 Å². The van der Waals surface area contributed by atoms with Crippen LogP contribution in [0.1, 0.15) is 55.0 Å². The number of rotatable bonds is 9. The molecular formula is C54H47NS. The zero-order valence-electron chi connectivity index (χ0n) is 32.7. The highest BCUT2D eigenvalue weighted by Gasteiger charge is 2.45. The minimum absolute atomic E-state index is 0.398. The molecule has 8 aromatic rings. The normalized spacial score (nSPS) is 14.5. The van der Waals surface area contributed by atoms with Gasteiger partial charge in [0.15, 0.2) is 0 Å². The van der Waals surface area contributed by atoms with Gasteiger partial charge in [-0.05, 0) is 101 Å².